The van der Waals surface area contributed by atoms with E-state index in [2.05, 4.69) is 92.2 Å². The number of carbonyl (C=O) groups is 1. The molecule has 1 unspecified atom stereocenters. The van der Waals surface area contributed by atoms with Gasteiger partial charge in [-0.25, -0.2) is 0 Å². The zero-order valence-corrected chi connectivity index (χ0v) is 26.9. The molecule has 0 spiro atoms. The van der Waals surface area contributed by atoms with E-state index in [0.29, 0.717) is 0 Å². The van der Waals surface area contributed by atoms with Crippen LogP contribution in [-0.4, -0.2) is 22.1 Å². The summed E-state index contributed by atoms with van der Waals surface area (Å²) in [5.41, 5.74) is 1.21. The normalized spacial score (nSPS) is 12.5. The van der Waals surface area contributed by atoms with Crippen molar-refractivity contribution >= 4 is 78.9 Å². The van der Waals surface area contributed by atoms with Gasteiger partial charge in [-0.1, -0.05) is 39.8 Å². The van der Waals surface area contributed by atoms with Crippen molar-refractivity contribution in [3.63, 3.8) is 0 Å². The van der Waals surface area contributed by atoms with Crippen molar-refractivity contribution < 1.29 is 9.00 Å². The first-order valence-corrected chi connectivity index (χ1v) is 17.9. The maximum Gasteiger partial charge on any atom is 0.106 e. The first kappa shape index (κ1) is 30.5. The van der Waals surface area contributed by atoms with Gasteiger partial charge in [0, 0.05) is 48.9 Å². The van der Waals surface area contributed by atoms with E-state index in [1.165, 1.54) is 39.7 Å². The molecule has 0 aliphatic rings. The molecule has 0 N–H and O–H groups in total. The van der Waals surface area contributed by atoms with Crippen LogP contribution < -0.4 is 0 Å². The van der Waals surface area contributed by atoms with Crippen LogP contribution >= 0.6 is 56.7 Å². The Balaban J connectivity index is 0.000000956. The molecule has 0 saturated heterocycles. The van der Waals surface area contributed by atoms with Crippen LogP contribution in [0.5, 0.6) is 0 Å². The number of carbonyl (C=O) groups excluding carboxylic acids is 1. The van der Waals surface area contributed by atoms with Crippen molar-refractivity contribution in [3.05, 3.63) is 78.0 Å². The average Bonchev–Trinajstić information content (AvgIpc) is 3.74. The predicted octanol–water partition coefficient (Wildman–Crippen LogP) is 10.9. The first-order valence-electron chi connectivity index (χ1n) is 11.9. The van der Waals surface area contributed by atoms with Crippen LogP contribution in [0.15, 0.2) is 77.3 Å². The summed E-state index contributed by atoms with van der Waals surface area (Å²) in [5, 5.41) is 4.20. The maximum absolute atomic E-state index is 14.2. The van der Waals surface area contributed by atoms with Crippen molar-refractivity contribution in [3.8, 4) is 39.0 Å². The molecule has 2 nitrogen and oxygen atoms in total. The van der Waals surface area contributed by atoms with Crippen molar-refractivity contribution in [2.24, 2.45) is 0 Å². The van der Waals surface area contributed by atoms with Crippen LogP contribution in [0.2, 0.25) is 0 Å². The average molecular weight is 617 g/mol. The Morgan fingerprint density at radius 3 is 1.50 bits per heavy atom. The zero-order valence-electron chi connectivity index (χ0n) is 22.0. The van der Waals surface area contributed by atoms with Gasteiger partial charge < -0.3 is 4.79 Å². The smallest absolute Gasteiger partial charge is 0.106 e. The highest BCUT2D eigenvalue weighted by Gasteiger charge is 2.30. The summed E-state index contributed by atoms with van der Waals surface area (Å²) in [4.78, 5) is 18.9. The molecule has 200 valence electrons. The molecule has 0 fully saturated rings. The molecule has 0 amide bonds. The molecular weight excluding hydrogens is 585 g/mol. The highest BCUT2D eigenvalue weighted by molar-refractivity contribution is 8.01. The van der Waals surface area contributed by atoms with Crippen LogP contribution in [-0.2, 0) is 14.3 Å². The summed E-state index contributed by atoms with van der Waals surface area (Å²) < 4.78 is 14.2. The van der Waals surface area contributed by atoms with E-state index >= 15 is 0 Å². The standard InChI is InChI=1S/C27H26OS6.C2H4.CH2O/c1-16(2)24-25(22-12-10-20(31-22)18-8-6-14-29-18)33-26(27(24)34(5,28)17(3)4)23-13-11-21(32-23)19-9-7-15-30-19;2*1-2/h6-17H,5H2,1-4H3;1-2H2;1H2. The van der Waals surface area contributed by atoms with Gasteiger partial charge in [0.15, 0.2) is 0 Å². The molecule has 1 atom stereocenters. The van der Waals surface area contributed by atoms with E-state index in [4.69, 9.17) is 4.79 Å². The van der Waals surface area contributed by atoms with Gasteiger partial charge in [-0.05, 0) is 64.5 Å². The second kappa shape index (κ2) is 13.3. The minimum atomic E-state index is -2.47. The van der Waals surface area contributed by atoms with Crippen molar-refractivity contribution in [1.29, 1.82) is 0 Å². The summed E-state index contributed by atoms with van der Waals surface area (Å²) in [5.74, 6) is 4.58. The van der Waals surface area contributed by atoms with Crippen LogP contribution in [0, 0.1) is 0 Å². The molecule has 8 heteroatoms. The minimum Gasteiger partial charge on any atom is -0.307 e. The Kier molecular flexibility index (Phi) is 10.7. The molecular formula is C30H32O2S6. The van der Waals surface area contributed by atoms with E-state index < -0.39 is 9.52 Å². The Morgan fingerprint density at radius 1 is 0.658 bits per heavy atom. The summed E-state index contributed by atoms with van der Waals surface area (Å²) in [6, 6.07) is 17.4. The molecule has 0 aliphatic carbocycles. The second-order valence-electron chi connectivity index (χ2n) is 8.72. The monoisotopic (exact) mass is 616 g/mol. The van der Waals surface area contributed by atoms with Crippen molar-refractivity contribution in [1.82, 2.24) is 0 Å². The topological polar surface area (TPSA) is 34.1 Å². The van der Waals surface area contributed by atoms with Crippen LogP contribution in [0.3, 0.4) is 0 Å². The lowest BCUT2D eigenvalue weighted by molar-refractivity contribution is -0.0979. The Labute approximate surface area is 247 Å². The Morgan fingerprint density at radius 2 is 1.11 bits per heavy atom. The van der Waals surface area contributed by atoms with Crippen molar-refractivity contribution in [2.75, 3.05) is 0 Å². The number of rotatable bonds is 7. The lowest BCUT2D eigenvalue weighted by Gasteiger charge is -2.18. The third-order valence-corrected chi connectivity index (χ3v) is 14.4. The van der Waals surface area contributed by atoms with E-state index in [0.717, 1.165) is 9.77 Å². The number of hydrogen-bond donors (Lipinski definition) is 0. The van der Waals surface area contributed by atoms with Gasteiger partial charge in [0.1, 0.15) is 6.79 Å². The minimum absolute atomic E-state index is 0.0343. The van der Waals surface area contributed by atoms with Gasteiger partial charge in [0.2, 0.25) is 0 Å². The van der Waals surface area contributed by atoms with Crippen LogP contribution in [0.4, 0.5) is 0 Å². The quantitative estimate of drug-likeness (QED) is 0.135. The maximum atomic E-state index is 14.2. The fourth-order valence-electron chi connectivity index (χ4n) is 3.90. The Hall–Kier alpha value is -2.07. The molecule has 0 saturated carbocycles. The van der Waals surface area contributed by atoms with E-state index in [1.807, 2.05) is 32.0 Å². The molecule has 0 radical (unpaired) electrons. The van der Waals surface area contributed by atoms with Gasteiger partial charge >= 0.3 is 0 Å². The number of hydrogen-bond acceptors (Lipinski definition) is 7. The second-order valence-corrected chi connectivity index (χ2v) is 16.6. The van der Waals surface area contributed by atoms with Crippen LogP contribution in [0.25, 0.3) is 39.0 Å². The van der Waals surface area contributed by atoms with Crippen molar-refractivity contribution in [2.45, 2.75) is 43.8 Å². The van der Waals surface area contributed by atoms with Gasteiger partial charge in [-0.15, -0.1) is 69.8 Å². The zero-order chi connectivity index (χ0) is 28.0. The summed E-state index contributed by atoms with van der Waals surface area (Å²) >= 11 is 8.94. The highest BCUT2D eigenvalue weighted by atomic mass is 32.2. The molecule has 0 aromatic carbocycles. The molecule has 5 rings (SSSR count). The Bertz CT molecular complexity index is 1540. The fourth-order valence-corrected chi connectivity index (χ4v) is 11.5. The van der Waals surface area contributed by atoms with Gasteiger partial charge in [0.25, 0.3) is 0 Å². The highest BCUT2D eigenvalue weighted by Crippen LogP contribution is 2.52. The molecule has 0 bridgehead atoms. The van der Waals surface area contributed by atoms with Gasteiger partial charge in [-0.2, -0.15) is 0 Å². The molecule has 5 heterocycles. The lowest BCUT2D eigenvalue weighted by atomic mass is 10.0. The predicted molar refractivity (Wildman–Crippen MR) is 179 cm³/mol. The molecule has 5 aromatic rings. The van der Waals surface area contributed by atoms with Crippen LogP contribution in [0.1, 0.15) is 39.2 Å². The fraction of sp³-hybridized carbons (Fsp3) is 0.200. The molecule has 5 aromatic heterocycles. The van der Waals surface area contributed by atoms with Gasteiger partial charge in [-0.3, -0.25) is 4.21 Å². The largest absolute Gasteiger partial charge is 0.307 e. The van der Waals surface area contributed by atoms with E-state index in [1.54, 1.807) is 45.3 Å². The lowest BCUT2D eigenvalue weighted by Crippen LogP contribution is -2.16. The summed E-state index contributed by atoms with van der Waals surface area (Å²) in [6.07, 6.45) is 0. The first-order chi connectivity index (χ1) is 18.3. The molecule has 0 aliphatic heterocycles. The third-order valence-electron chi connectivity index (χ3n) is 5.77. The summed E-state index contributed by atoms with van der Waals surface area (Å²) in [7, 11) is -2.47. The van der Waals surface area contributed by atoms with E-state index in [9.17, 15) is 4.21 Å². The number of thiophene rings is 5. The summed E-state index contributed by atoms with van der Waals surface area (Å²) in [6.45, 7) is 16.5. The SMILES string of the molecule is C=C.C=O.C=S(=O)(c1c(-c2ccc(-c3cccs3)s2)sc(-c2ccc(-c3cccs3)s2)c1C(C)C)C(C)C. The van der Waals surface area contributed by atoms with Gasteiger partial charge in [0.05, 0.1) is 9.77 Å². The molecule has 38 heavy (non-hydrogen) atoms. The van der Waals surface area contributed by atoms with E-state index in [-0.39, 0.29) is 11.2 Å². The third kappa shape index (κ3) is 6.06.